The van der Waals surface area contributed by atoms with Crippen LogP contribution in [0, 0.1) is 12.7 Å². The van der Waals surface area contributed by atoms with Crippen molar-refractivity contribution in [1.29, 1.82) is 0 Å². The summed E-state index contributed by atoms with van der Waals surface area (Å²) in [5, 5.41) is 4.38. The fourth-order valence-electron chi connectivity index (χ4n) is 1.77. The first-order valence-corrected chi connectivity index (χ1v) is 6.80. The van der Waals surface area contributed by atoms with Gasteiger partial charge in [0.05, 0.1) is 5.69 Å². The van der Waals surface area contributed by atoms with Crippen molar-refractivity contribution >= 4 is 17.4 Å². The fourth-order valence-corrected chi connectivity index (χ4v) is 2.74. The summed E-state index contributed by atoms with van der Waals surface area (Å²) in [5.74, 6) is 0.481. The number of halogens is 1. The van der Waals surface area contributed by atoms with Crippen LogP contribution in [0.4, 0.5) is 10.1 Å². The lowest BCUT2D eigenvalue weighted by atomic mass is 10.3. The predicted molar refractivity (Wildman–Crippen MR) is 73.0 cm³/mol. The van der Waals surface area contributed by atoms with Crippen molar-refractivity contribution in [3.63, 3.8) is 0 Å². The van der Waals surface area contributed by atoms with Crippen LogP contribution in [0.15, 0.2) is 29.2 Å². The first-order valence-electron chi connectivity index (χ1n) is 5.81. The van der Waals surface area contributed by atoms with E-state index in [2.05, 4.69) is 12.0 Å². The number of benzene rings is 1. The van der Waals surface area contributed by atoms with Crippen LogP contribution < -0.4 is 5.73 Å². The molecule has 0 saturated heterocycles. The summed E-state index contributed by atoms with van der Waals surface area (Å²) in [7, 11) is 0. The molecule has 96 valence electrons. The van der Waals surface area contributed by atoms with Gasteiger partial charge in [-0.1, -0.05) is 0 Å². The molecule has 1 heterocycles. The summed E-state index contributed by atoms with van der Waals surface area (Å²) in [6.07, 6.45) is 0. The van der Waals surface area contributed by atoms with Gasteiger partial charge in [-0.2, -0.15) is 5.10 Å². The van der Waals surface area contributed by atoms with Crippen molar-refractivity contribution in [2.75, 3.05) is 5.73 Å². The van der Waals surface area contributed by atoms with Crippen LogP contribution in [0.25, 0.3) is 0 Å². The maximum Gasteiger partial charge on any atom is 0.124 e. The Labute approximate surface area is 110 Å². The normalized spacial score (nSPS) is 10.8. The maximum atomic E-state index is 13.1. The molecular formula is C13H16FN3S. The monoisotopic (exact) mass is 265 g/mol. The zero-order valence-electron chi connectivity index (χ0n) is 10.5. The lowest BCUT2D eigenvalue weighted by molar-refractivity contribution is 0.624. The molecule has 0 aliphatic carbocycles. The smallest absolute Gasteiger partial charge is 0.124 e. The summed E-state index contributed by atoms with van der Waals surface area (Å²) in [4.78, 5) is 0.775. The third kappa shape index (κ3) is 2.85. The van der Waals surface area contributed by atoms with E-state index in [1.807, 2.05) is 17.7 Å². The van der Waals surface area contributed by atoms with E-state index in [1.165, 1.54) is 23.9 Å². The Morgan fingerprint density at radius 2 is 2.17 bits per heavy atom. The Balaban J connectivity index is 2.13. The number of aromatic nitrogens is 2. The first-order chi connectivity index (χ1) is 8.60. The Morgan fingerprint density at radius 3 is 2.89 bits per heavy atom. The van der Waals surface area contributed by atoms with Gasteiger partial charge in [-0.05, 0) is 38.1 Å². The zero-order chi connectivity index (χ0) is 13.1. The van der Waals surface area contributed by atoms with Gasteiger partial charge in [-0.3, -0.25) is 4.68 Å². The van der Waals surface area contributed by atoms with Gasteiger partial charge in [0.25, 0.3) is 0 Å². The molecule has 2 rings (SSSR count). The summed E-state index contributed by atoms with van der Waals surface area (Å²) in [5.41, 5.74) is 8.56. The molecule has 0 bridgehead atoms. The minimum atomic E-state index is -0.258. The van der Waals surface area contributed by atoms with Gasteiger partial charge >= 0.3 is 0 Å². The number of rotatable bonds is 4. The highest BCUT2D eigenvalue weighted by molar-refractivity contribution is 7.98. The lowest BCUT2D eigenvalue weighted by Gasteiger charge is -2.07. The molecular weight excluding hydrogens is 249 g/mol. The number of hydrogen-bond donors (Lipinski definition) is 1. The molecule has 1 aromatic heterocycles. The number of hydrogen-bond acceptors (Lipinski definition) is 3. The molecule has 0 amide bonds. The first kappa shape index (κ1) is 13.0. The predicted octanol–water partition coefficient (Wildman–Crippen LogP) is 3.23. The Morgan fingerprint density at radius 1 is 1.39 bits per heavy atom. The Bertz CT molecular complexity index is 551. The summed E-state index contributed by atoms with van der Waals surface area (Å²) >= 11 is 1.53. The number of nitrogens with zero attached hydrogens (tertiary/aromatic N) is 2. The second kappa shape index (κ2) is 5.44. The van der Waals surface area contributed by atoms with Crippen molar-refractivity contribution < 1.29 is 4.39 Å². The molecule has 1 aromatic carbocycles. The van der Waals surface area contributed by atoms with E-state index in [0.717, 1.165) is 28.6 Å². The average molecular weight is 265 g/mol. The van der Waals surface area contributed by atoms with Gasteiger partial charge in [0.2, 0.25) is 0 Å². The van der Waals surface area contributed by atoms with Crippen molar-refractivity contribution in [2.45, 2.75) is 31.0 Å². The van der Waals surface area contributed by atoms with E-state index < -0.39 is 0 Å². The molecule has 3 nitrogen and oxygen atoms in total. The Kier molecular flexibility index (Phi) is 3.91. The van der Waals surface area contributed by atoms with Gasteiger partial charge < -0.3 is 5.73 Å². The summed E-state index contributed by atoms with van der Waals surface area (Å²) in [6.45, 7) is 4.86. The molecule has 0 atom stereocenters. The van der Waals surface area contributed by atoms with Gasteiger partial charge in [-0.15, -0.1) is 11.8 Å². The fraction of sp³-hybridized carbons (Fsp3) is 0.308. The van der Waals surface area contributed by atoms with Gasteiger partial charge in [-0.25, -0.2) is 4.39 Å². The molecule has 0 fully saturated rings. The van der Waals surface area contributed by atoms with Crippen molar-refractivity contribution in [3.8, 4) is 0 Å². The molecule has 0 spiro atoms. The highest BCUT2D eigenvalue weighted by Gasteiger charge is 2.07. The quantitative estimate of drug-likeness (QED) is 0.682. The van der Waals surface area contributed by atoms with Crippen LogP contribution in [0.2, 0.25) is 0 Å². The zero-order valence-corrected chi connectivity index (χ0v) is 11.3. The van der Waals surface area contributed by atoms with Crippen LogP contribution in [-0.4, -0.2) is 9.78 Å². The van der Waals surface area contributed by atoms with E-state index in [0.29, 0.717) is 5.69 Å². The number of anilines is 1. The highest BCUT2D eigenvalue weighted by atomic mass is 32.2. The van der Waals surface area contributed by atoms with Crippen LogP contribution in [-0.2, 0) is 12.3 Å². The lowest BCUT2D eigenvalue weighted by Crippen LogP contribution is -2.01. The second-order valence-corrected chi connectivity index (χ2v) is 5.08. The van der Waals surface area contributed by atoms with Crippen molar-refractivity contribution in [3.05, 3.63) is 41.5 Å². The highest BCUT2D eigenvalue weighted by Crippen LogP contribution is 2.28. The largest absolute Gasteiger partial charge is 0.398 e. The van der Waals surface area contributed by atoms with Crippen LogP contribution >= 0.6 is 11.8 Å². The molecule has 2 aromatic rings. The van der Waals surface area contributed by atoms with Gasteiger partial charge in [0.15, 0.2) is 0 Å². The minimum absolute atomic E-state index is 0.258. The number of nitrogens with two attached hydrogens (primary N) is 1. The van der Waals surface area contributed by atoms with Crippen molar-refractivity contribution in [1.82, 2.24) is 9.78 Å². The summed E-state index contributed by atoms with van der Waals surface area (Å²) < 4.78 is 15.1. The second-order valence-electron chi connectivity index (χ2n) is 4.06. The average Bonchev–Trinajstić information content (AvgIpc) is 2.71. The molecule has 0 unspecified atom stereocenters. The van der Waals surface area contributed by atoms with E-state index in [1.54, 1.807) is 6.07 Å². The van der Waals surface area contributed by atoms with Crippen LogP contribution in [0.5, 0.6) is 0 Å². The van der Waals surface area contributed by atoms with E-state index in [9.17, 15) is 4.39 Å². The number of aryl methyl sites for hydroxylation is 2. The molecule has 0 radical (unpaired) electrons. The molecule has 5 heteroatoms. The van der Waals surface area contributed by atoms with E-state index in [4.69, 9.17) is 5.73 Å². The molecule has 0 saturated carbocycles. The number of nitrogen functional groups attached to an aromatic ring is 1. The molecule has 2 N–H and O–H groups in total. The minimum Gasteiger partial charge on any atom is -0.398 e. The van der Waals surface area contributed by atoms with Crippen LogP contribution in [0.1, 0.15) is 18.3 Å². The molecule has 18 heavy (non-hydrogen) atoms. The SMILES string of the molecule is CCn1nc(C)cc1CSc1cc(F)ccc1N. The van der Waals surface area contributed by atoms with Crippen molar-refractivity contribution in [2.24, 2.45) is 0 Å². The van der Waals surface area contributed by atoms with Crippen LogP contribution in [0.3, 0.4) is 0 Å². The summed E-state index contributed by atoms with van der Waals surface area (Å²) in [6, 6.07) is 6.49. The maximum absolute atomic E-state index is 13.1. The third-order valence-electron chi connectivity index (χ3n) is 2.64. The standard InChI is InChI=1S/C13H16FN3S/c1-3-17-11(6-9(2)16-17)8-18-13-7-10(14)4-5-12(13)15/h4-7H,3,8,15H2,1-2H3. The van der Waals surface area contributed by atoms with Gasteiger partial charge in [0, 0.05) is 28.6 Å². The van der Waals surface area contributed by atoms with Gasteiger partial charge in [0.1, 0.15) is 5.82 Å². The number of thioether (sulfide) groups is 1. The Hall–Kier alpha value is -1.49. The molecule has 0 aliphatic rings. The van der Waals surface area contributed by atoms with E-state index in [-0.39, 0.29) is 5.82 Å². The third-order valence-corrected chi connectivity index (χ3v) is 3.74. The molecule has 0 aliphatic heterocycles. The topological polar surface area (TPSA) is 43.8 Å². The van der Waals surface area contributed by atoms with E-state index >= 15 is 0 Å².